The average molecular weight is 432 g/mol. The van der Waals surface area contributed by atoms with E-state index in [2.05, 4.69) is 33.9 Å². The molecule has 31 heavy (non-hydrogen) atoms. The number of imidazole rings is 1. The highest BCUT2D eigenvalue weighted by molar-refractivity contribution is 5.85. The van der Waals surface area contributed by atoms with Crippen LogP contribution < -0.4 is 9.47 Å². The van der Waals surface area contributed by atoms with Crippen LogP contribution in [0.3, 0.4) is 0 Å². The van der Waals surface area contributed by atoms with Gasteiger partial charge in [0.15, 0.2) is 5.69 Å². The van der Waals surface area contributed by atoms with Crippen LogP contribution in [0.4, 0.5) is 5.69 Å². The minimum atomic E-state index is 0. The average Bonchev–Trinajstić information content (AvgIpc) is 3.28. The maximum atomic E-state index is 7.02. The van der Waals surface area contributed by atoms with Crippen LogP contribution in [-0.2, 0) is 6.61 Å². The number of nitrogens with zero attached hydrogens (tertiary/aromatic N) is 2. The maximum Gasteiger partial charge on any atom is 0.187 e. The van der Waals surface area contributed by atoms with Crippen LogP contribution in [0.2, 0.25) is 0 Å². The minimum absolute atomic E-state index is 0. The zero-order chi connectivity index (χ0) is 20.9. The second-order valence-corrected chi connectivity index (χ2v) is 6.94. The molecular weight excluding hydrogens is 410 g/mol. The van der Waals surface area contributed by atoms with E-state index in [1.165, 1.54) is 5.56 Å². The van der Waals surface area contributed by atoms with Crippen LogP contribution in [0.15, 0.2) is 72.9 Å². The third-order valence-corrected chi connectivity index (χ3v) is 4.80. The van der Waals surface area contributed by atoms with Crippen molar-refractivity contribution < 1.29 is 9.47 Å². The Morgan fingerprint density at radius 1 is 1.03 bits per heavy atom. The van der Waals surface area contributed by atoms with E-state index in [0.717, 1.165) is 28.2 Å². The van der Waals surface area contributed by atoms with Crippen molar-refractivity contribution in [2.24, 2.45) is 0 Å². The molecule has 3 aromatic carbocycles. The van der Waals surface area contributed by atoms with Gasteiger partial charge in [0.25, 0.3) is 0 Å². The molecule has 0 atom stereocenters. The Hall–Kier alpha value is -3.75. The van der Waals surface area contributed by atoms with Crippen molar-refractivity contribution in [3.05, 3.63) is 95.5 Å². The molecule has 5 nitrogen and oxygen atoms in total. The van der Waals surface area contributed by atoms with E-state index >= 15 is 0 Å². The molecule has 0 aliphatic carbocycles. The first-order valence-electron chi connectivity index (χ1n) is 9.56. The standard InChI is InChI=1S/C25H21N3O2.ClH/c1-17-5-4-6-19(13-17)25-27-15-23(28-25)22-12-11-21(14-24(22)29-3)30-16-18-7-9-20(26-2)10-8-18;/h4-15H,16H2,1,3H3,(H,27,28);1H. The highest BCUT2D eigenvalue weighted by Crippen LogP contribution is 2.33. The predicted octanol–water partition coefficient (Wildman–Crippen LogP) is 6.61. The van der Waals surface area contributed by atoms with Crippen LogP contribution in [0.1, 0.15) is 11.1 Å². The number of aryl methyl sites for hydroxylation is 1. The van der Waals surface area contributed by atoms with Crippen LogP contribution in [0.5, 0.6) is 11.5 Å². The number of halogens is 1. The van der Waals surface area contributed by atoms with Crippen LogP contribution in [-0.4, -0.2) is 17.1 Å². The first kappa shape index (κ1) is 21.9. The lowest BCUT2D eigenvalue weighted by Gasteiger charge is -2.11. The molecule has 0 aliphatic rings. The van der Waals surface area contributed by atoms with Gasteiger partial charge in [-0.2, -0.15) is 0 Å². The molecule has 1 heterocycles. The second kappa shape index (κ2) is 9.84. The van der Waals surface area contributed by atoms with Gasteiger partial charge in [-0.25, -0.2) is 9.83 Å². The normalized spacial score (nSPS) is 10.1. The van der Waals surface area contributed by atoms with Crippen LogP contribution in [0.25, 0.3) is 27.5 Å². The molecule has 0 aliphatic heterocycles. The molecule has 0 fully saturated rings. The summed E-state index contributed by atoms with van der Waals surface area (Å²) in [6.07, 6.45) is 1.81. The van der Waals surface area contributed by atoms with Crippen LogP contribution >= 0.6 is 12.4 Å². The predicted molar refractivity (Wildman–Crippen MR) is 125 cm³/mol. The second-order valence-electron chi connectivity index (χ2n) is 6.94. The lowest BCUT2D eigenvalue weighted by atomic mass is 10.1. The molecule has 4 aromatic rings. The summed E-state index contributed by atoms with van der Waals surface area (Å²) in [5, 5.41) is 0. The molecule has 0 unspecified atom stereocenters. The van der Waals surface area contributed by atoms with Gasteiger partial charge in [-0.3, -0.25) is 0 Å². The number of aromatic nitrogens is 2. The van der Waals surface area contributed by atoms with Crippen molar-refractivity contribution in [1.29, 1.82) is 0 Å². The molecule has 0 amide bonds. The number of rotatable bonds is 6. The van der Waals surface area contributed by atoms with Crippen molar-refractivity contribution in [1.82, 2.24) is 9.97 Å². The van der Waals surface area contributed by atoms with E-state index in [1.54, 1.807) is 19.2 Å². The summed E-state index contributed by atoms with van der Waals surface area (Å²) in [5.41, 5.74) is 5.65. The smallest absolute Gasteiger partial charge is 0.187 e. The monoisotopic (exact) mass is 431 g/mol. The number of hydrogen-bond acceptors (Lipinski definition) is 3. The van der Waals surface area contributed by atoms with E-state index in [-0.39, 0.29) is 12.4 Å². The molecule has 0 saturated heterocycles. The Kier molecular flexibility index (Phi) is 6.96. The van der Waals surface area contributed by atoms with Gasteiger partial charge in [-0.1, -0.05) is 48.0 Å². The topological polar surface area (TPSA) is 51.5 Å². The Balaban J connectivity index is 0.00000272. The van der Waals surface area contributed by atoms with E-state index < -0.39 is 0 Å². The van der Waals surface area contributed by atoms with E-state index in [9.17, 15) is 0 Å². The van der Waals surface area contributed by atoms with Gasteiger partial charge in [0.2, 0.25) is 0 Å². The maximum absolute atomic E-state index is 7.02. The van der Waals surface area contributed by atoms with Gasteiger partial charge in [0.05, 0.1) is 25.6 Å². The molecule has 1 aromatic heterocycles. The van der Waals surface area contributed by atoms with Gasteiger partial charge in [-0.15, -0.1) is 12.4 Å². The first-order chi connectivity index (χ1) is 14.7. The van der Waals surface area contributed by atoms with Crippen molar-refractivity contribution >= 4 is 18.1 Å². The first-order valence-corrected chi connectivity index (χ1v) is 9.56. The molecule has 4 rings (SSSR count). The third-order valence-electron chi connectivity index (χ3n) is 4.80. The lowest BCUT2D eigenvalue weighted by molar-refractivity contribution is 0.304. The molecule has 1 N–H and O–H groups in total. The van der Waals surface area contributed by atoms with E-state index in [0.29, 0.717) is 23.8 Å². The number of benzene rings is 3. The summed E-state index contributed by atoms with van der Waals surface area (Å²) in [5.74, 6) is 2.23. The van der Waals surface area contributed by atoms with Gasteiger partial charge < -0.3 is 14.5 Å². The fraction of sp³-hybridized carbons (Fsp3) is 0.120. The third kappa shape index (κ3) is 5.06. The number of ether oxygens (including phenoxy) is 2. The minimum Gasteiger partial charge on any atom is -0.496 e. The van der Waals surface area contributed by atoms with E-state index in [4.69, 9.17) is 16.0 Å². The van der Waals surface area contributed by atoms with Crippen molar-refractivity contribution in [2.75, 3.05) is 7.11 Å². The quantitative estimate of drug-likeness (QED) is 0.349. The summed E-state index contributed by atoms with van der Waals surface area (Å²) < 4.78 is 11.5. The number of nitrogens with one attached hydrogen (secondary N) is 1. The Bertz CT molecular complexity index is 1210. The summed E-state index contributed by atoms with van der Waals surface area (Å²) in [4.78, 5) is 11.3. The summed E-state index contributed by atoms with van der Waals surface area (Å²) in [6.45, 7) is 9.50. The molecule has 0 bridgehead atoms. The fourth-order valence-electron chi connectivity index (χ4n) is 3.21. The molecular formula is C25H22ClN3O2. The zero-order valence-corrected chi connectivity index (χ0v) is 18.1. The molecule has 6 heteroatoms. The number of aromatic amines is 1. The van der Waals surface area contributed by atoms with Crippen molar-refractivity contribution in [2.45, 2.75) is 13.5 Å². The van der Waals surface area contributed by atoms with Gasteiger partial charge in [-0.05, 0) is 30.7 Å². The van der Waals surface area contributed by atoms with Crippen molar-refractivity contribution in [3.8, 4) is 34.1 Å². The highest BCUT2D eigenvalue weighted by atomic mass is 35.5. The number of H-pyrrole nitrogens is 1. The SMILES string of the molecule is Cl.[C-]#[N+]c1ccc(COc2ccc(-c3cnc(-c4cccc(C)c4)[nH]3)c(OC)c2)cc1. The summed E-state index contributed by atoms with van der Waals surface area (Å²) in [7, 11) is 1.64. The fourth-order valence-corrected chi connectivity index (χ4v) is 3.21. The summed E-state index contributed by atoms with van der Waals surface area (Å²) >= 11 is 0. The molecule has 0 spiro atoms. The Morgan fingerprint density at radius 3 is 2.55 bits per heavy atom. The lowest BCUT2D eigenvalue weighted by Crippen LogP contribution is -1.96. The zero-order valence-electron chi connectivity index (χ0n) is 17.3. The highest BCUT2D eigenvalue weighted by Gasteiger charge is 2.12. The van der Waals surface area contributed by atoms with Crippen LogP contribution in [0, 0.1) is 13.5 Å². The van der Waals surface area contributed by atoms with E-state index in [1.807, 2.05) is 48.7 Å². The Morgan fingerprint density at radius 2 is 1.84 bits per heavy atom. The van der Waals surface area contributed by atoms with Gasteiger partial charge in [0, 0.05) is 17.2 Å². The molecule has 156 valence electrons. The van der Waals surface area contributed by atoms with Gasteiger partial charge in [0.1, 0.15) is 23.9 Å². The number of hydrogen-bond donors (Lipinski definition) is 1. The molecule has 0 saturated carbocycles. The Labute approximate surface area is 187 Å². The van der Waals surface area contributed by atoms with Gasteiger partial charge >= 0.3 is 0 Å². The van der Waals surface area contributed by atoms with Crippen molar-refractivity contribution in [3.63, 3.8) is 0 Å². The summed E-state index contributed by atoms with van der Waals surface area (Å²) in [6, 6.07) is 21.4. The molecule has 0 radical (unpaired) electrons. The largest absolute Gasteiger partial charge is 0.496 e. The number of methoxy groups -OCH3 is 1.